The molecule has 3 rings (SSSR count). The molecule has 1 aromatic rings. The lowest BCUT2D eigenvalue weighted by Gasteiger charge is -2.43. The number of amides is 1. The van der Waals surface area contributed by atoms with Gasteiger partial charge in [-0.3, -0.25) is 9.69 Å². The van der Waals surface area contributed by atoms with Crippen LogP contribution in [0.25, 0.3) is 0 Å². The van der Waals surface area contributed by atoms with Gasteiger partial charge in [-0.2, -0.15) is 0 Å². The Kier molecular flexibility index (Phi) is 4.62. The molecule has 22 heavy (non-hydrogen) atoms. The number of piperidine rings is 1. The molecule has 2 saturated heterocycles. The van der Waals surface area contributed by atoms with Gasteiger partial charge in [0.05, 0.1) is 5.69 Å². The van der Waals surface area contributed by atoms with E-state index in [9.17, 15) is 9.18 Å². The van der Waals surface area contributed by atoms with E-state index in [1.165, 1.54) is 6.07 Å². The highest BCUT2D eigenvalue weighted by molar-refractivity contribution is 5.73. The summed E-state index contributed by atoms with van der Waals surface area (Å²) in [6, 6.07) is 7.58. The summed E-state index contributed by atoms with van der Waals surface area (Å²) in [5, 5.41) is 0. The third kappa shape index (κ3) is 3.24. The summed E-state index contributed by atoms with van der Waals surface area (Å²) < 4.78 is 13.9. The predicted octanol–water partition coefficient (Wildman–Crippen LogP) is 1.96. The normalized spacial score (nSPS) is 21.2. The number of likely N-dealkylation sites (tertiary alicyclic amines) is 1. The van der Waals surface area contributed by atoms with E-state index < -0.39 is 0 Å². The molecule has 2 heterocycles. The van der Waals surface area contributed by atoms with Crippen LogP contribution in [0.5, 0.6) is 0 Å². The Labute approximate surface area is 131 Å². The standard InChI is InChI=1S/C17H24FN3O/c1-14(22)19-8-6-15(7-9-19)20-10-12-21(13-11-20)17-5-3-2-4-16(17)18/h2-5,15H,6-13H2,1H3. The number of benzene rings is 1. The van der Waals surface area contributed by atoms with Gasteiger partial charge >= 0.3 is 0 Å². The third-order valence-electron chi connectivity index (χ3n) is 4.93. The van der Waals surface area contributed by atoms with Crippen molar-refractivity contribution in [1.29, 1.82) is 0 Å². The van der Waals surface area contributed by atoms with Crippen LogP contribution in [0.4, 0.5) is 10.1 Å². The first kappa shape index (κ1) is 15.3. The maximum atomic E-state index is 13.9. The Bertz CT molecular complexity index is 520. The van der Waals surface area contributed by atoms with Gasteiger partial charge in [0, 0.05) is 52.2 Å². The fraction of sp³-hybridized carbons (Fsp3) is 0.588. The van der Waals surface area contributed by atoms with Crippen molar-refractivity contribution in [3.63, 3.8) is 0 Å². The Morgan fingerprint density at radius 3 is 2.27 bits per heavy atom. The molecule has 0 bridgehead atoms. The van der Waals surface area contributed by atoms with Crippen LogP contribution in [0.1, 0.15) is 19.8 Å². The highest BCUT2D eigenvalue weighted by atomic mass is 19.1. The van der Waals surface area contributed by atoms with E-state index in [0.29, 0.717) is 11.7 Å². The molecule has 2 aliphatic rings. The van der Waals surface area contributed by atoms with Crippen LogP contribution in [-0.4, -0.2) is 61.0 Å². The smallest absolute Gasteiger partial charge is 0.219 e. The van der Waals surface area contributed by atoms with Crippen molar-refractivity contribution in [2.75, 3.05) is 44.2 Å². The Morgan fingerprint density at radius 1 is 1.05 bits per heavy atom. The number of para-hydroxylation sites is 1. The van der Waals surface area contributed by atoms with Gasteiger partial charge in [-0.25, -0.2) is 4.39 Å². The number of hydrogen-bond acceptors (Lipinski definition) is 3. The van der Waals surface area contributed by atoms with Crippen molar-refractivity contribution in [3.05, 3.63) is 30.1 Å². The van der Waals surface area contributed by atoms with Crippen molar-refractivity contribution in [2.45, 2.75) is 25.8 Å². The van der Waals surface area contributed by atoms with Crippen molar-refractivity contribution >= 4 is 11.6 Å². The Balaban J connectivity index is 1.52. The minimum atomic E-state index is -0.134. The minimum Gasteiger partial charge on any atom is -0.367 e. The molecule has 1 amide bonds. The van der Waals surface area contributed by atoms with Crippen LogP contribution in [0.15, 0.2) is 24.3 Å². The second-order valence-corrected chi connectivity index (χ2v) is 6.21. The van der Waals surface area contributed by atoms with Crippen molar-refractivity contribution in [2.24, 2.45) is 0 Å². The first-order chi connectivity index (χ1) is 10.6. The molecule has 0 aromatic heterocycles. The van der Waals surface area contributed by atoms with E-state index in [4.69, 9.17) is 0 Å². The topological polar surface area (TPSA) is 26.8 Å². The largest absolute Gasteiger partial charge is 0.367 e. The van der Waals surface area contributed by atoms with Gasteiger partial charge in [-0.15, -0.1) is 0 Å². The van der Waals surface area contributed by atoms with Gasteiger partial charge in [0.2, 0.25) is 5.91 Å². The van der Waals surface area contributed by atoms with Gasteiger partial charge in [-0.05, 0) is 25.0 Å². The Hall–Kier alpha value is -1.62. The average molecular weight is 305 g/mol. The summed E-state index contributed by atoms with van der Waals surface area (Å²) >= 11 is 0. The maximum absolute atomic E-state index is 13.9. The third-order valence-corrected chi connectivity index (χ3v) is 4.93. The molecule has 120 valence electrons. The summed E-state index contributed by atoms with van der Waals surface area (Å²) in [7, 11) is 0. The van der Waals surface area contributed by atoms with Crippen molar-refractivity contribution < 1.29 is 9.18 Å². The van der Waals surface area contributed by atoms with E-state index in [2.05, 4.69) is 9.80 Å². The fourth-order valence-corrected chi connectivity index (χ4v) is 3.58. The molecule has 0 unspecified atom stereocenters. The van der Waals surface area contributed by atoms with Crippen molar-refractivity contribution in [1.82, 2.24) is 9.80 Å². The monoisotopic (exact) mass is 305 g/mol. The average Bonchev–Trinajstić information content (AvgIpc) is 2.56. The first-order valence-electron chi connectivity index (χ1n) is 8.14. The molecule has 4 nitrogen and oxygen atoms in total. The van der Waals surface area contributed by atoms with E-state index >= 15 is 0 Å². The van der Waals surface area contributed by atoms with E-state index in [-0.39, 0.29) is 11.7 Å². The van der Waals surface area contributed by atoms with E-state index in [1.54, 1.807) is 13.0 Å². The zero-order valence-corrected chi connectivity index (χ0v) is 13.2. The zero-order valence-electron chi connectivity index (χ0n) is 13.2. The minimum absolute atomic E-state index is 0.134. The summed E-state index contributed by atoms with van der Waals surface area (Å²) in [5.41, 5.74) is 0.716. The number of nitrogens with zero attached hydrogens (tertiary/aromatic N) is 3. The molecule has 2 aliphatic heterocycles. The predicted molar refractivity (Wildman–Crippen MR) is 85.5 cm³/mol. The van der Waals surface area contributed by atoms with Crippen LogP contribution in [0.2, 0.25) is 0 Å². The Morgan fingerprint density at radius 2 is 1.68 bits per heavy atom. The highest BCUT2D eigenvalue weighted by Crippen LogP contribution is 2.23. The quantitative estimate of drug-likeness (QED) is 0.836. The second-order valence-electron chi connectivity index (χ2n) is 6.21. The fourth-order valence-electron chi connectivity index (χ4n) is 3.58. The van der Waals surface area contributed by atoms with Crippen LogP contribution in [0.3, 0.4) is 0 Å². The summed E-state index contributed by atoms with van der Waals surface area (Å²) in [4.78, 5) is 18.0. The molecule has 0 atom stereocenters. The molecular formula is C17H24FN3O. The van der Waals surface area contributed by atoms with Gasteiger partial charge < -0.3 is 9.80 Å². The van der Waals surface area contributed by atoms with Gasteiger partial charge in [0.15, 0.2) is 0 Å². The lowest BCUT2D eigenvalue weighted by molar-refractivity contribution is -0.130. The number of carbonyl (C=O) groups excluding carboxylic acids is 1. The number of carbonyl (C=O) groups is 1. The molecule has 0 radical (unpaired) electrons. The summed E-state index contributed by atoms with van der Waals surface area (Å²) in [6.07, 6.45) is 2.11. The van der Waals surface area contributed by atoms with Gasteiger partial charge in [0.25, 0.3) is 0 Å². The molecular weight excluding hydrogens is 281 g/mol. The number of halogens is 1. The van der Waals surface area contributed by atoms with Gasteiger partial charge in [-0.1, -0.05) is 12.1 Å². The molecule has 5 heteroatoms. The number of piperazine rings is 1. The summed E-state index contributed by atoms with van der Waals surface area (Å²) in [5.74, 6) is 0.0496. The number of hydrogen-bond donors (Lipinski definition) is 0. The van der Waals surface area contributed by atoms with Crippen LogP contribution < -0.4 is 4.90 Å². The van der Waals surface area contributed by atoms with Crippen molar-refractivity contribution in [3.8, 4) is 0 Å². The molecule has 2 fully saturated rings. The van der Waals surface area contributed by atoms with E-state index in [1.807, 2.05) is 17.0 Å². The molecule has 0 spiro atoms. The SMILES string of the molecule is CC(=O)N1CCC(N2CCN(c3ccccc3F)CC2)CC1. The lowest BCUT2D eigenvalue weighted by Crippen LogP contribution is -2.53. The molecule has 1 aromatic carbocycles. The van der Waals surface area contributed by atoms with E-state index in [0.717, 1.165) is 52.1 Å². The highest BCUT2D eigenvalue weighted by Gasteiger charge is 2.28. The second kappa shape index (κ2) is 6.65. The van der Waals surface area contributed by atoms with Crippen LogP contribution in [0, 0.1) is 5.82 Å². The first-order valence-corrected chi connectivity index (χ1v) is 8.14. The number of anilines is 1. The zero-order chi connectivity index (χ0) is 15.5. The lowest BCUT2D eigenvalue weighted by atomic mass is 10.0. The number of rotatable bonds is 2. The molecule has 0 saturated carbocycles. The van der Waals surface area contributed by atoms with Crippen LogP contribution in [-0.2, 0) is 4.79 Å². The van der Waals surface area contributed by atoms with Gasteiger partial charge in [0.1, 0.15) is 5.82 Å². The molecule has 0 N–H and O–H groups in total. The maximum Gasteiger partial charge on any atom is 0.219 e. The van der Waals surface area contributed by atoms with Crippen LogP contribution >= 0.6 is 0 Å². The molecule has 0 aliphatic carbocycles. The summed E-state index contributed by atoms with van der Waals surface area (Å²) in [6.45, 7) is 7.06.